The SMILES string of the molecule is Cc1ccc(-c2ccnc(N[C@@H](C)c3nc(-c4ccccn4)no3)n2)c(C)n1. The highest BCUT2D eigenvalue weighted by atomic mass is 16.5. The molecule has 8 heteroatoms. The molecule has 4 heterocycles. The van der Waals surface area contributed by atoms with Crippen molar-refractivity contribution in [3.05, 3.63) is 66.1 Å². The second-order valence-electron chi connectivity index (χ2n) is 6.39. The summed E-state index contributed by atoms with van der Waals surface area (Å²) in [6.45, 7) is 5.84. The van der Waals surface area contributed by atoms with E-state index >= 15 is 0 Å². The van der Waals surface area contributed by atoms with E-state index in [1.807, 2.05) is 57.2 Å². The standard InChI is InChI=1S/C20H19N7O/c1-12-7-8-15(13(2)23-12)16-9-11-22-20(25-16)24-14(3)19-26-18(27-28-19)17-6-4-5-10-21-17/h4-11,14H,1-3H3,(H,22,24,25)/t14-/m0/s1. The summed E-state index contributed by atoms with van der Waals surface area (Å²) in [5, 5.41) is 7.20. The highest BCUT2D eigenvalue weighted by Crippen LogP contribution is 2.23. The Morgan fingerprint density at radius 2 is 1.79 bits per heavy atom. The summed E-state index contributed by atoms with van der Waals surface area (Å²) in [5.41, 5.74) is 4.33. The minimum Gasteiger partial charge on any atom is -0.343 e. The van der Waals surface area contributed by atoms with Gasteiger partial charge in [-0.3, -0.25) is 9.97 Å². The zero-order valence-corrected chi connectivity index (χ0v) is 15.8. The first-order valence-corrected chi connectivity index (χ1v) is 8.89. The van der Waals surface area contributed by atoms with E-state index in [1.165, 1.54) is 0 Å². The van der Waals surface area contributed by atoms with E-state index in [9.17, 15) is 0 Å². The molecule has 8 nitrogen and oxygen atoms in total. The lowest BCUT2D eigenvalue weighted by Crippen LogP contribution is -2.10. The van der Waals surface area contributed by atoms with Gasteiger partial charge in [-0.15, -0.1) is 0 Å². The predicted molar refractivity (Wildman–Crippen MR) is 104 cm³/mol. The molecule has 4 aromatic heterocycles. The minimum absolute atomic E-state index is 0.266. The molecule has 28 heavy (non-hydrogen) atoms. The van der Waals surface area contributed by atoms with Crippen molar-refractivity contribution in [3.8, 4) is 22.8 Å². The Morgan fingerprint density at radius 3 is 2.57 bits per heavy atom. The quantitative estimate of drug-likeness (QED) is 0.564. The summed E-state index contributed by atoms with van der Waals surface area (Å²) in [6, 6.07) is 11.1. The van der Waals surface area contributed by atoms with Crippen LogP contribution in [0.2, 0.25) is 0 Å². The molecule has 0 aromatic carbocycles. The number of anilines is 1. The molecule has 0 radical (unpaired) electrons. The Bertz CT molecular complexity index is 1090. The number of aromatic nitrogens is 6. The van der Waals surface area contributed by atoms with Crippen molar-refractivity contribution in [1.29, 1.82) is 0 Å². The van der Waals surface area contributed by atoms with Crippen molar-refractivity contribution in [1.82, 2.24) is 30.1 Å². The number of nitrogens with zero attached hydrogens (tertiary/aromatic N) is 6. The number of hydrogen-bond acceptors (Lipinski definition) is 8. The minimum atomic E-state index is -0.266. The maximum absolute atomic E-state index is 5.37. The van der Waals surface area contributed by atoms with E-state index in [1.54, 1.807) is 12.4 Å². The highest BCUT2D eigenvalue weighted by Gasteiger charge is 2.17. The van der Waals surface area contributed by atoms with Crippen LogP contribution in [0.5, 0.6) is 0 Å². The predicted octanol–water partition coefficient (Wildman–Crippen LogP) is 3.77. The summed E-state index contributed by atoms with van der Waals surface area (Å²) >= 11 is 0. The molecule has 0 saturated carbocycles. The van der Waals surface area contributed by atoms with Crippen molar-refractivity contribution in [2.24, 2.45) is 0 Å². The summed E-state index contributed by atoms with van der Waals surface area (Å²) in [5.74, 6) is 1.35. The Kier molecular flexibility index (Phi) is 4.76. The molecule has 0 aliphatic heterocycles. The topological polar surface area (TPSA) is 103 Å². The van der Waals surface area contributed by atoms with Crippen molar-refractivity contribution in [2.75, 3.05) is 5.32 Å². The van der Waals surface area contributed by atoms with Gasteiger partial charge in [0.1, 0.15) is 11.7 Å². The molecule has 0 fully saturated rings. The molecule has 0 aliphatic rings. The summed E-state index contributed by atoms with van der Waals surface area (Å²) < 4.78 is 5.37. The van der Waals surface area contributed by atoms with Crippen LogP contribution < -0.4 is 5.32 Å². The molecule has 1 atom stereocenters. The van der Waals surface area contributed by atoms with Crippen LogP contribution >= 0.6 is 0 Å². The molecule has 0 unspecified atom stereocenters. The van der Waals surface area contributed by atoms with Crippen LogP contribution in [-0.2, 0) is 0 Å². The molecule has 4 aromatic rings. The van der Waals surface area contributed by atoms with Gasteiger partial charge in [-0.25, -0.2) is 9.97 Å². The number of rotatable bonds is 5. The van der Waals surface area contributed by atoms with E-state index in [0.29, 0.717) is 23.4 Å². The average molecular weight is 373 g/mol. The van der Waals surface area contributed by atoms with Gasteiger partial charge >= 0.3 is 0 Å². The molecule has 0 amide bonds. The van der Waals surface area contributed by atoms with Gasteiger partial charge < -0.3 is 9.84 Å². The van der Waals surface area contributed by atoms with Crippen LogP contribution in [0.4, 0.5) is 5.95 Å². The van der Waals surface area contributed by atoms with Gasteiger partial charge in [-0.05, 0) is 51.1 Å². The average Bonchev–Trinajstić information content (AvgIpc) is 3.19. The molecule has 0 aliphatic carbocycles. The molecule has 0 bridgehead atoms. The van der Waals surface area contributed by atoms with Gasteiger partial charge in [0.05, 0.1) is 5.69 Å². The normalized spacial score (nSPS) is 12.0. The Balaban J connectivity index is 1.54. The van der Waals surface area contributed by atoms with Gasteiger partial charge in [0.15, 0.2) is 0 Å². The monoisotopic (exact) mass is 373 g/mol. The molecular weight excluding hydrogens is 354 g/mol. The number of nitrogens with one attached hydrogen (secondary N) is 1. The lowest BCUT2D eigenvalue weighted by Gasteiger charge is -2.11. The summed E-state index contributed by atoms with van der Waals surface area (Å²) in [7, 11) is 0. The molecule has 0 saturated heterocycles. The van der Waals surface area contributed by atoms with E-state index in [2.05, 4.69) is 35.4 Å². The van der Waals surface area contributed by atoms with Gasteiger partial charge in [-0.2, -0.15) is 4.98 Å². The smallest absolute Gasteiger partial charge is 0.249 e. The maximum Gasteiger partial charge on any atom is 0.249 e. The fourth-order valence-electron chi connectivity index (χ4n) is 2.80. The lowest BCUT2D eigenvalue weighted by atomic mass is 10.1. The summed E-state index contributed by atoms with van der Waals surface area (Å²) in [6.07, 6.45) is 3.40. The number of hydrogen-bond donors (Lipinski definition) is 1. The first kappa shape index (κ1) is 17.7. The van der Waals surface area contributed by atoms with Gasteiger partial charge in [-0.1, -0.05) is 11.2 Å². The second kappa shape index (κ2) is 7.51. The maximum atomic E-state index is 5.37. The molecule has 1 N–H and O–H groups in total. The highest BCUT2D eigenvalue weighted by molar-refractivity contribution is 5.62. The van der Waals surface area contributed by atoms with Gasteiger partial charge in [0, 0.05) is 29.3 Å². The number of pyridine rings is 2. The van der Waals surface area contributed by atoms with Crippen LogP contribution in [-0.4, -0.2) is 30.1 Å². The fourth-order valence-corrected chi connectivity index (χ4v) is 2.80. The van der Waals surface area contributed by atoms with Crippen molar-refractivity contribution < 1.29 is 4.52 Å². The third kappa shape index (κ3) is 3.71. The Hall–Kier alpha value is -3.68. The molecule has 0 spiro atoms. The zero-order valence-electron chi connectivity index (χ0n) is 15.8. The third-order valence-corrected chi connectivity index (χ3v) is 4.21. The van der Waals surface area contributed by atoms with E-state index in [-0.39, 0.29) is 6.04 Å². The third-order valence-electron chi connectivity index (χ3n) is 4.21. The largest absolute Gasteiger partial charge is 0.343 e. The summed E-state index contributed by atoms with van der Waals surface area (Å²) in [4.78, 5) is 22.0. The Morgan fingerprint density at radius 1 is 0.893 bits per heavy atom. The fraction of sp³-hybridized carbons (Fsp3) is 0.200. The van der Waals surface area contributed by atoms with E-state index in [0.717, 1.165) is 22.6 Å². The lowest BCUT2D eigenvalue weighted by molar-refractivity contribution is 0.367. The van der Waals surface area contributed by atoms with Crippen molar-refractivity contribution in [3.63, 3.8) is 0 Å². The van der Waals surface area contributed by atoms with Crippen LogP contribution in [0.25, 0.3) is 22.8 Å². The first-order chi connectivity index (χ1) is 13.6. The van der Waals surface area contributed by atoms with Crippen LogP contribution in [0.1, 0.15) is 30.2 Å². The molecule has 140 valence electrons. The molecule has 4 rings (SSSR count). The Labute approximate surface area is 162 Å². The molecular formula is C20H19N7O. The van der Waals surface area contributed by atoms with Crippen molar-refractivity contribution in [2.45, 2.75) is 26.8 Å². The number of aryl methyl sites for hydroxylation is 2. The van der Waals surface area contributed by atoms with Gasteiger partial charge in [0.2, 0.25) is 17.7 Å². The van der Waals surface area contributed by atoms with Crippen LogP contribution in [0.15, 0.2) is 53.3 Å². The van der Waals surface area contributed by atoms with Crippen LogP contribution in [0.3, 0.4) is 0 Å². The zero-order chi connectivity index (χ0) is 19.5. The van der Waals surface area contributed by atoms with Gasteiger partial charge in [0.25, 0.3) is 0 Å². The van der Waals surface area contributed by atoms with Crippen LogP contribution in [0, 0.1) is 13.8 Å². The van der Waals surface area contributed by atoms with E-state index < -0.39 is 0 Å². The first-order valence-electron chi connectivity index (χ1n) is 8.89. The van der Waals surface area contributed by atoms with E-state index in [4.69, 9.17) is 4.52 Å². The van der Waals surface area contributed by atoms with Crippen molar-refractivity contribution >= 4 is 5.95 Å². The second-order valence-corrected chi connectivity index (χ2v) is 6.39.